The van der Waals surface area contributed by atoms with E-state index >= 15 is 0 Å². The normalized spacial score (nSPS) is 27.3. The van der Waals surface area contributed by atoms with Gasteiger partial charge in [-0.15, -0.1) is 0 Å². The van der Waals surface area contributed by atoms with Gasteiger partial charge >= 0.3 is 0 Å². The first-order valence-corrected chi connectivity index (χ1v) is 13.1. The second kappa shape index (κ2) is 10.6. The fraction of sp³-hybridized carbons (Fsp3) is 0.773. The van der Waals surface area contributed by atoms with Crippen LogP contribution in [0.15, 0.2) is 18.3 Å². The smallest absolute Gasteiger partial charge is 0.282 e. The maximum Gasteiger partial charge on any atom is 0.282 e. The molecule has 0 unspecified atom stereocenters. The van der Waals surface area contributed by atoms with E-state index in [9.17, 15) is 8.42 Å². The quantitative estimate of drug-likeness (QED) is 0.680. The van der Waals surface area contributed by atoms with E-state index in [1.165, 1.54) is 32.1 Å². The largest absolute Gasteiger partial charge is 0.477 e. The van der Waals surface area contributed by atoms with Gasteiger partial charge in [0.2, 0.25) is 5.88 Å². The summed E-state index contributed by atoms with van der Waals surface area (Å²) in [7, 11) is -3.48. The van der Waals surface area contributed by atoms with E-state index in [-0.39, 0.29) is 5.92 Å². The van der Waals surface area contributed by atoms with Crippen LogP contribution in [0.2, 0.25) is 0 Å². The Bertz CT molecular complexity index is 809. The summed E-state index contributed by atoms with van der Waals surface area (Å²) in [6.07, 6.45) is 8.96. The van der Waals surface area contributed by atoms with E-state index in [4.69, 9.17) is 15.2 Å². The van der Waals surface area contributed by atoms with Gasteiger partial charge < -0.3 is 15.2 Å². The van der Waals surface area contributed by atoms with Gasteiger partial charge in [0.1, 0.15) is 0 Å². The molecule has 3 fully saturated rings. The molecule has 9 heteroatoms. The molecule has 31 heavy (non-hydrogen) atoms. The Kier molecular flexibility index (Phi) is 7.81. The van der Waals surface area contributed by atoms with Gasteiger partial charge in [-0.1, -0.05) is 32.1 Å². The monoisotopic (exact) mass is 452 g/mol. The highest BCUT2D eigenvalue weighted by molar-refractivity contribution is 7.86. The number of hydrogen-bond acceptors (Lipinski definition) is 6. The Labute approximate surface area is 186 Å². The van der Waals surface area contributed by atoms with Crippen molar-refractivity contribution in [1.82, 2.24) is 13.6 Å². The number of rotatable bonds is 7. The lowest BCUT2D eigenvalue weighted by Crippen LogP contribution is -2.54. The second-order valence-corrected chi connectivity index (χ2v) is 11.0. The molecule has 3 heterocycles. The van der Waals surface area contributed by atoms with Crippen molar-refractivity contribution < 1.29 is 17.9 Å². The van der Waals surface area contributed by atoms with Crippen LogP contribution in [0.1, 0.15) is 44.1 Å². The third kappa shape index (κ3) is 5.76. The van der Waals surface area contributed by atoms with Gasteiger partial charge in [-0.25, -0.2) is 4.98 Å². The molecule has 2 atom stereocenters. The van der Waals surface area contributed by atoms with E-state index in [1.807, 2.05) is 12.1 Å². The number of hydrogen-bond donors (Lipinski definition) is 1. The first-order valence-electron chi connectivity index (χ1n) is 11.7. The van der Waals surface area contributed by atoms with Gasteiger partial charge in [0.25, 0.3) is 10.2 Å². The van der Waals surface area contributed by atoms with E-state index in [0.29, 0.717) is 70.3 Å². The van der Waals surface area contributed by atoms with Crippen LogP contribution in [-0.2, 0) is 21.5 Å². The summed E-state index contributed by atoms with van der Waals surface area (Å²) in [4.78, 5) is 4.29. The Morgan fingerprint density at radius 2 is 1.87 bits per heavy atom. The highest BCUT2D eigenvalue weighted by Gasteiger charge is 2.40. The van der Waals surface area contributed by atoms with Gasteiger partial charge in [-0.05, 0) is 29.9 Å². The predicted octanol–water partition coefficient (Wildman–Crippen LogP) is 2.01. The molecule has 174 valence electrons. The minimum absolute atomic E-state index is 0.153. The van der Waals surface area contributed by atoms with Crippen molar-refractivity contribution in [1.29, 1.82) is 0 Å². The van der Waals surface area contributed by atoms with Crippen molar-refractivity contribution >= 4 is 10.2 Å². The Hall–Kier alpha value is -1.26. The van der Waals surface area contributed by atoms with Crippen LogP contribution in [0.5, 0.6) is 5.88 Å². The molecule has 0 bridgehead atoms. The van der Waals surface area contributed by atoms with Crippen LogP contribution in [0.4, 0.5) is 0 Å². The first-order chi connectivity index (χ1) is 15.1. The van der Waals surface area contributed by atoms with E-state index in [0.717, 1.165) is 12.0 Å². The van der Waals surface area contributed by atoms with Gasteiger partial charge in [-0.3, -0.25) is 0 Å². The SMILES string of the molecule is NCc1ccnc(OC[C@@H]2C[C@H](C3CCCCC3)CN(S(=O)(=O)N3CCOCC3)C2)c1. The van der Waals surface area contributed by atoms with E-state index < -0.39 is 10.2 Å². The third-order valence-corrected chi connectivity index (χ3v) is 8.95. The van der Waals surface area contributed by atoms with Crippen molar-refractivity contribution in [2.75, 3.05) is 46.0 Å². The highest BCUT2D eigenvalue weighted by Crippen LogP contribution is 2.37. The summed E-state index contributed by atoms with van der Waals surface area (Å²) in [6, 6.07) is 3.74. The standard InChI is InChI=1S/C22H36N4O4S/c23-14-18-6-7-24-22(13-18)30-17-19-12-21(20-4-2-1-3-5-20)16-26(15-19)31(27,28)25-8-10-29-11-9-25/h6-7,13,19-21H,1-5,8-12,14-17,23H2/t19-,21+/m1/s1. The number of ether oxygens (including phenoxy) is 2. The van der Waals surface area contributed by atoms with Crippen molar-refractivity contribution in [2.45, 2.75) is 45.1 Å². The van der Waals surface area contributed by atoms with Gasteiger partial charge in [0.05, 0.1) is 19.8 Å². The summed E-state index contributed by atoms with van der Waals surface area (Å²) in [5.41, 5.74) is 6.70. The second-order valence-electron chi connectivity index (χ2n) is 9.11. The molecule has 1 aromatic rings. The molecule has 8 nitrogen and oxygen atoms in total. The lowest BCUT2D eigenvalue weighted by molar-refractivity contribution is 0.0617. The number of morpholine rings is 1. The summed E-state index contributed by atoms with van der Waals surface area (Å²) >= 11 is 0. The molecule has 1 aliphatic carbocycles. The molecule has 3 aliphatic rings. The third-order valence-electron chi connectivity index (χ3n) is 6.98. The zero-order valence-corrected chi connectivity index (χ0v) is 19.1. The fourth-order valence-corrected chi connectivity index (χ4v) is 6.97. The average Bonchev–Trinajstić information content (AvgIpc) is 2.84. The lowest BCUT2D eigenvalue weighted by atomic mass is 9.75. The number of pyridine rings is 1. The highest BCUT2D eigenvalue weighted by atomic mass is 32.2. The maximum absolute atomic E-state index is 13.4. The predicted molar refractivity (Wildman–Crippen MR) is 119 cm³/mol. The topological polar surface area (TPSA) is 98.0 Å². The van der Waals surface area contributed by atoms with Crippen molar-refractivity contribution in [3.63, 3.8) is 0 Å². The molecule has 4 rings (SSSR count). The minimum Gasteiger partial charge on any atom is -0.477 e. The van der Waals surface area contributed by atoms with Crippen LogP contribution in [0, 0.1) is 17.8 Å². The molecule has 2 aliphatic heterocycles. The van der Waals surface area contributed by atoms with Gasteiger partial charge in [-0.2, -0.15) is 17.0 Å². The number of nitrogens with zero attached hydrogens (tertiary/aromatic N) is 3. The number of aromatic nitrogens is 1. The van der Waals surface area contributed by atoms with Crippen LogP contribution in [0.25, 0.3) is 0 Å². The molecule has 0 radical (unpaired) electrons. The zero-order valence-electron chi connectivity index (χ0n) is 18.3. The molecular weight excluding hydrogens is 416 g/mol. The van der Waals surface area contributed by atoms with Crippen molar-refractivity contribution in [3.8, 4) is 5.88 Å². The zero-order chi connectivity index (χ0) is 21.7. The Morgan fingerprint density at radius 1 is 1.10 bits per heavy atom. The fourth-order valence-electron chi connectivity index (χ4n) is 5.26. The van der Waals surface area contributed by atoms with Gasteiger partial charge in [0.15, 0.2) is 0 Å². The summed E-state index contributed by atoms with van der Waals surface area (Å²) in [5.74, 6) is 1.71. The molecular formula is C22H36N4O4S. The molecule has 1 aromatic heterocycles. The van der Waals surface area contributed by atoms with Crippen molar-refractivity contribution in [2.24, 2.45) is 23.5 Å². The minimum atomic E-state index is -3.48. The summed E-state index contributed by atoms with van der Waals surface area (Å²) in [6.45, 7) is 3.84. The summed E-state index contributed by atoms with van der Waals surface area (Å²) in [5, 5.41) is 0. The molecule has 0 amide bonds. The first kappa shape index (κ1) is 22.9. The van der Waals surface area contributed by atoms with Crippen LogP contribution in [-0.4, -0.2) is 68.0 Å². The van der Waals surface area contributed by atoms with Gasteiger partial charge in [0, 0.05) is 50.9 Å². The van der Waals surface area contributed by atoms with Crippen LogP contribution >= 0.6 is 0 Å². The molecule has 2 N–H and O–H groups in total. The molecule has 0 aromatic carbocycles. The number of piperidine rings is 1. The Balaban J connectivity index is 1.47. The van der Waals surface area contributed by atoms with E-state index in [2.05, 4.69) is 4.98 Å². The van der Waals surface area contributed by atoms with Crippen LogP contribution in [0.3, 0.4) is 0 Å². The van der Waals surface area contributed by atoms with Crippen molar-refractivity contribution in [3.05, 3.63) is 23.9 Å². The molecule has 0 spiro atoms. The molecule has 1 saturated carbocycles. The maximum atomic E-state index is 13.4. The lowest BCUT2D eigenvalue weighted by Gasteiger charge is -2.43. The molecule has 2 saturated heterocycles. The Morgan fingerprint density at radius 3 is 2.61 bits per heavy atom. The average molecular weight is 453 g/mol. The van der Waals surface area contributed by atoms with E-state index in [1.54, 1.807) is 14.8 Å². The summed E-state index contributed by atoms with van der Waals surface area (Å²) < 4.78 is 41.5. The number of nitrogens with two attached hydrogens (primary N) is 1. The van der Waals surface area contributed by atoms with Crippen LogP contribution < -0.4 is 10.5 Å².